The third-order valence-corrected chi connectivity index (χ3v) is 2.08. The summed E-state index contributed by atoms with van der Waals surface area (Å²) in [4.78, 5) is 0. The fourth-order valence-corrected chi connectivity index (χ4v) is 1.09. The first-order valence-corrected chi connectivity index (χ1v) is 4.61. The minimum atomic E-state index is -4.51. The van der Waals surface area contributed by atoms with E-state index in [4.69, 9.17) is 0 Å². The van der Waals surface area contributed by atoms with E-state index in [9.17, 15) is 17.6 Å². The van der Waals surface area contributed by atoms with E-state index in [1.165, 1.54) is 7.05 Å². The van der Waals surface area contributed by atoms with Crippen LogP contribution >= 0.6 is 12.2 Å². The van der Waals surface area contributed by atoms with Gasteiger partial charge in [-0.3, -0.25) is 0 Å². The maximum Gasteiger partial charge on any atom is 0.416 e. The minimum Gasteiger partial charge on any atom is -0.366 e. The highest BCUT2D eigenvalue weighted by Gasteiger charge is 2.31. The summed E-state index contributed by atoms with van der Waals surface area (Å²) >= 11 is 4.66. The summed E-state index contributed by atoms with van der Waals surface area (Å²) in [5.74, 6) is -0.800. The van der Waals surface area contributed by atoms with Crippen molar-refractivity contribution in [3.05, 3.63) is 29.6 Å². The molecule has 0 spiro atoms. The Bertz CT molecular complexity index is 403. The van der Waals surface area contributed by atoms with E-state index >= 15 is 0 Å². The maximum absolute atomic E-state index is 13.1. The van der Waals surface area contributed by atoms with Crippen LogP contribution in [0.15, 0.2) is 18.2 Å². The Kier molecular flexibility index (Phi) is 3.69. The molecule has 0 aromatic heterocycles. The molecule has 7 heteroatoms. The van der Waals surface area contributed by atoms with Crippen molar-refractivity contribution >= 4 is 23.0 Å². The summed E-state index contributed by atoms with van der Waals surface area (Å²) in [5.41, 5.74) is -1.25. The topological polar surface area (TPSA) is 24.1 Å². The number of hydrogen-bond donors (Lipinski definition) is 2. The van der Waals surface area contributed by atoms with Gasteiger partial charge in [0.05, 0.1) is 11.3 Å². The molecule has 0 aliphatic rings. The van der Waals surface area contributed by atoms with Crippen LogP contribution in [0.4, 0.5) is 23.2 Å². The molecule has 0 heterocycles. The van der Waals surface area contributed by atoms with Crippen LogP contribution in [0.3, 0.4) is 0 Å². The number of halogens is 4. The summed E-state index contributed by atoms with van der Waals surface area (Å²) in [6, 6.07) is 2.07. The monoisotopic (exact) mass is 252 g/mol. The third-order valence-electron chi connectivity index (χ3n) is 1.77. The normalized spacial score (nSPS) is 11.1. The minimum absolute atomic E-state index is 0.0400. The van der Waals surface area contributed by atoms with Crippen LogP contribution in [0.5, 0.6) is 0 Å². The highest BCUT2D eigenvalue weighted by atomic mass is 32.1. The highest BCUT2D eigenvalue weighted by Crippen LogP contribution is 2.31. The Hall–Kier alpha value is -1.37. The van der Waals surface area contributed by atoms with Gasteiger partial charge in [0.1, 0.15) is 5.82 Å². The summed E-state index contributed by atoms with van der Waals surface area (Å²) in [5, 5.41) is 4.83. The van der Waals surface area contributed by atoms with Crippen LogP contribution < -0.4 is 10.6 Å². The molecule has 1 aromatic carbocycles. The fourth-order valence-electron chi connectivity index (χ4n) is 0.982. The van der Waals surface area contributed by atoms with Crippen molar-refractivity contribution < 1.29 is 17.6 Å². The molecule has 1 aromatic rings. The van der Waals surface area contributed by atoms with E-state index < -0.39 is 17.6 Å². The van der Waals surface area contributed by atoms with Crippen LogP contribution in [0, 0.1) is 5.82 Å². The Morgan fingerprint density at radius 1 is 1.31 bits per heavy atom. The zero-order valence-electron chi connectivity index (χ0n) is 8.15. The molecule has 0 radical (unpaired) electrons. The third kappa shape index (κ3) is 3.06. The van der Waals surface area contributed by atoms with Gasteiger partial charge in [-0.15, -0.1) is 0 Å². The smallest absolute Gasteiger partial charge is 0.366 e. The number of hydrogen-bond acceptors (Lipinski definition) is 1. The molecule has 0 unspecified atom stereocenters. The van der Waals surface area contributed by atoms with E-state index in [1.54, 1.807) is 0 Å². The van der Waals surface area contributed by atoms with Crippen molar-refractivity contribution in [1.29, 1.82) is 0 Å². The molecule has 0 bridgehead atoms. The van der Waals surface area contributed by atoms with E-state index in [2.05, 4.69) is 22.9 Å². The molecule has 0 fully saturated rings. The van der Waals surface area contributed by atoms with E-state index in [0.29, 0.717) is 12.1 Å². The van der Waals surface area contributed by atoms with Crippen molar-refractivity contribution in [1.82, 2.24) is 5.32 Å². The van der Waals surface area contributed by atoms with Gasteiger partial charge in [-0.05, 0) is 30.4 Å². The van der Waals surface area contributed by atoms with Crippen LogP contribution in [-0.2, 0) is 6.18 Å². The molecule has 2 N–H and O–H groups in total. The zero-order valence-corrected chi connectivity index (χ0v) is 8.97. The van der Waals surface area contributed by atoms with Crippen LogP contribution in [-0.4, -0.2) is 12.2 Å². The standard InChI is InChI=1S/C9H8F4N2S/c1-14-8(16)15-7-4-5(9(11,12)13)2-3-6(7)10/h2-4H,1H3,(H2,14,15,16). The van der Waals surface area contributed by atoms with Crippen molar-refractivity contribution in [2.75, 3.05) is 12.4 Å². The molecule has 2 nitrogen and oxygen atoms in total. The number of thiocarbonyl (C=S) groups is 1. The SMILES string of the molecule is CNC(=S)Nc1cc(C(F)(F)F)ccc1F. The van der Waals surface area contributed by atoms with Gasteiger partial charge in [-0.25, -0.2) is 4.39 Å². The van der Waals surface area contributed by atoms with E-state index in [0.717, 1.165) is 6.07 Å². The summed E-state index contributed by atoms with van der Waals surface area (Å²) in [6.45, 7) is 0. The van der Waals surface area contributed by atoms with Crippen molar-refractivity contribution in [2.24, 2.45) is 0 Å². The molecule has 0 saturated carbocycles. The van der Waals surface area contributed by atoms with Gasteiger partial charge in [0.25, 0.3) is 0 Å². The lowest BCUT2D eigenvalue weighted by molar-refractivity contribution is -0.137. The quantitative estimate of drug-likeness (QED) is 0.593. The second kappa shape index (κ2) is 4.65. The first kappa shape index (κ1) is 12.7. The number of rotatable bonds is 1. The molecule has 0 atom stereocenters. The van der Waals surface area contributed by atoms with Crippen molar-refractivity contribution in [3.63, 3.8) is 0 Å². The first-order chi connectivity index (χ1) is 7.34. The molecule has 0 saturated heterocycles. The lowest BCUT2D eigenvalue weighted by Crippen LogP contribution is -2.24. The van der Waals surface area contributed by atoms with Gasteiger partial charge in [0.2, 0.25) is 0 Å². The number of anilines is 1. The molecule has 0 aliphatic heterocycles. The Balaban J connectivity index is 3.04. The molecule has 88 valence electrons. The lowest BCUT2D eigenvalue weighted by Gasteiger charge is -2.11. The van der Waals surface area contributed by atoms with Gasteiger partial charge in [-0.1, -0.05) is 0 Å². The van der Waals surface area contributed by atoms with E-state index in [-0.39, 0.29) is 10.8 Å². The largest absolute Gasteiger partial charge is 0.416 e. The number of nitrogens with one attached hydrogen (secondary N) is 2. The highest BCUT2D eigenvalue weighted by molar-refractivity contribution is 7.80. The maximum atomic E-state index is 13.1. The van der Waals surface area contributed by atoms with Gasteiger partial charge in [0, 0.05) is 7.05 Å². The molecule has 0 amide bonds. The van der Waals surface area contributed by atoms with Crippen LogP contribution in [0.2, 0.25) is 0 Å². The average molecular weight is 252 g/mol. The predicted octanol–water partition coefficient (Wildman–Crippen LogP) is 2.76. The summed E-state index contributed by atoms with van der Waals surface area (Å²) in [7, 11) is 1.47. The van der Waals surface area contributed by atoms with Gasteiger partial charge in [0.15, 0.2) is 5.11 Å². The number of alkyl halides is 3. The first-order valence-electron chi connectivity index (χ1n) is 4.20. The fraction of sp³-hybridized carbons (Fsp3) is 0.222. The van der Waals surface area contributed by atoms with Gasteiger partial charge < -0.3 is 10.6 Å². The molecule has 0 aliphatic carbocycles. The second-order valence-corrected chi connectivity index (χ2v) is 3.30. The van der Waals surface area contributed by atoms with Gasteiger partial charge >= 0.3 is 6.18 Å². The van der Waals surface area contributed by atoms with Crippen molar-refractivity contribution in [2.45, 2.75) is 6.18 Å². The molecule has 16 heavy (non-hydrogen) atoms. The number of benzene rings is 1. The molecular weight excluding hydrogens is 244 g/mol. The van der Waals surface area contributed by atoms with Crippen molar-refractivity contribution in [3.8, 4) is 0 Å². The Labute approximate surface area is 94.6 Å². The lowest BCUT2D eigenvalue weighted by atomic mass is 10.2. The van der Waals surface area contributed by atoms with Crippen LogP contribution in [0.25, 0.3) is 0 Å². The molecule has 1 rings (SSSR count). The Morgan fingerprint density at radius 2 is 1.94 bits per heavy atom. The Morgan fingerprint density at radius 3 is 2.44 bits per heavy atom. The average Bonchev–Trinajstić information content (AvgIpc) is 2.19. The summed E-state index contributed by atoms with van der Waals surface area (Å²) < 4.78 is 50.1. The molecular formula is C9H8F4N2S. The zero-order chi connectivity index (χ0) is 12.3. The predicted molar refractivity (Wildman–Crippen MR) is 56.7 cm³/mol. The van der Waals surface area contributed by atoms with E-state index in [1.807, 2.05) is 0 Å². The van der Waals surface area contributed by atoms with Crippen LogP contribution in [0.1, 0.15) is 5.56 Å². The summed E-state index contributed by atoms with van der Waals surface area (Å²) in [6.07, 6.45) is -4.51. The van der Waals surface area contributed by atoms with Gasteiger partial charge in [-0.2, -0.15) is 13.2 Å². The second-order valence-electron chi connectivity index (χ2n) is 2.90.